The van der Waals surface area contributed by atoms with Crippen LogP contribution in [0.4, 0.5) is 0 Å². The van der Waals surface area contributed by atoms with Gasteiger partial charge in [0.05, 0.1) is 7.11 Å². The molecule has 1 atom stereocenters. The van der Waals surface area contributed by atoms with Crippen LogP contribution in [0.3, 0.4) is 0 Å². The van der Waals surface area contributed by atoms with E-state index in [1.807, 2.05) is 24.3 Å². The van der Waals surface area contributed by atoms with Gasteiger partial charge in [-0.15, -0.1) is 0 Å². The van der Waals surface area contributed by atoms with Crippen molar-refractivity contribution in [3.05, 3.63) is 52.4 Å². The molecule has 1 aromatic carbocycles. The third kappa shape index (κ3) is 2.90. The first kappa shape index (κ1) is 12.2. The molecule has 0 aliphatic heterocycles. The van der Waals surface area contributed by atoms with Crippen molar-refractivity contribution in [1.82, 2.24) is 0 Å². The highest BCUT2D eigenvalue weighted by atomic mass is 79.9. The van der Waals surface area contributed by atoms with Crippen LogP contribution < -0.4 is 4.74 Å². The SMILES string of the molecule is COc1ccccc1CC(O)c1ccc(Br)o1. The van der Waals surface area contributed by atoms with Crippen molar-refractivity contribution in [2.75, 3.05) is 7.11 Å². The van der Waals surface area contributed by atoms with Crippen molar-refractivity contribution in [3.63, 3.8) is 0 Å². The number of furan rings is 1. The van der Waals surface area contributed by atoms with Crippen LogP contribution in [-0.2, 0) is 6.42 Å². The van der Waals surface area contributed by atoms with Crippen LogP contribution in [0, 0.1) is 0 Å². The number of methoxy groups -OCH3 is 1. The predicted molar refractivity (Wildman–Crippen MR) is 68.1 cm³/mol. The largest absolute Gasteiger partial charge is 0.496 e. The maximum atomic E-state index is 10.0. The van der Waals surface area contributed by atoms with Crippen molar-refractivity contribution in [2.24, 2.45) is 0 Å². The monoisotopic (exact) mass is 296 g/mol. The summed E-state index contributed by atoms with van der Waals surface area (Å²) < 4.78 is 11.2. The van der Waals surface area contributed by atoms with Crippen LogP contribution >= 0.6 is 15.9 Å². The highest BCUT2D eigenvalue weighted by Crippen LogP contribution is 2.27. The van der Waals surface area contributed by atoms with Gasteiger partial charge in [-0.1, -0.05) is 18.2 Å². The molecule has 0 amide bonds. The Labute approximate surface area is 108 Å². The molecular formula is C13H13BrO3. The fourth-order valence-electron chi connectivity index (χ4n) is 1.69. The van der Waals surface area contributed by atoms with Gasteiger partial charge in [-0.2, -0.15) is 0 Å². The van der Waals surface area contributed by atoms with Crippen LogP contribution in [0.25, 0.3) is 0 Å². The van der Waals surface area contributed by atoms with Crippen LogP contribution in [0.1, 0.15) is 17.4 Å². The van der Waals surface area contributed by atoms with E-state index < -0.39 is 6.10 Å². The minimum absolute atomic E-state index is 0.462. The molecule has 0 radical (unpaired) electrons. The van der Waals surface area contributed by atoms with Crippen molar-refractivity contribution in [3.8, 4) is 5.75 Å². The maximum absolute atomic E-state index is 10.0. The van der Waals surface area contributed by atoms with Gasteiger partial charge in [0.15, 0.2) is 4.67 Å². The fraction of sp³-hybridized carbons (Fsp3) is 0.231. The van der Waals surface area contributed by atoms with E-state index in [0.29, 0.717) is 16.9 Å². The lowest BCUT2D eigenvalue weighted by molar-refractivity contribution is 0.148. The second-order valence-electron chi connectivity index (χ2n) is 3.67. The van der Waals surface area contributed by atoms with E-state index in [2.05, 4.69) is 15.9 Å². The summed E-state index contributed by atoms with van der Waals surface area (Å²) in [4.78, 5) is 0. The minimum atomic E-state index is -0.669. The summed E-state index contributed by atoms with van der Waals surface area (Å²) in [5.41, 5.74) is 0.954. The Bertz CT molecular complexity index is 493. The summed E-state index contributed by atoms with van der Waals surface area (Å²) in [5.74, 6) is 1.32. The molecule has 2 aromatic rings. The summed E-state index contributed by atoms with van der Waals surface area (Å²) in [6.07, 6.45) is -0.207. The number of rotatable bonds is 4. The number of aliphatic hydroxyl groups excluding tert-OH is 1. The zero-order valence-electron chi connectivity index (χ0n) is 9.39. The first-order chi connectivity index (χ1) is 8.20. The van der Waals surface area contributed by atoms with Gasteiger partial charge < -0.3 is 14.3 Å². The van der Waals surface area contributed by atoms with Crippen LogP contribution in [0.5, 0.6) is 5.75 Å². The molecule has 0 aliphatic rings. The first-order valence-corrected chi connectivity index (χ1v) is 6.05. The van der Waals surface area contributed by atoms with E-state index in [0.717, 1.165) is 11.3 Å². The van der Waals surface area contributed by atoms with Crippen LogP contribution in [0.2, 0.25) is 0 Å². The average Bonchev–Trinajstić information content (AvgIpc) is 2.77. The van der Waals surface area contributed by atoms with Gasteiger partial charge in [0.25, 0.3) is 0 Å². The Kier molecular flexibility index (Phi) is 3.86. The Morgan fingerprint density at radius 2 is 2.06 bits per heavy atom. The number of hydrogen-bond acceptors (Lipinski definition) is 3. The molecule has 0 saturated heterocycles. The van der Waals surface area contributed by atoms with Crippen molar-refractivity contribution >= 4 is 15.9 Å². The lowest BCUT2D eigenvalue weighted by Crippen LogP contribution is -2.02. The number of halogens is 1. The molecule has 1 unspecified atom stereocenters. The molecule has 2 rings (SSSR count). The number of ether oxygens (including phenoxy) is 1. The molecule has 90 valence electrons. The molecule has 0 saturated carbocycles. The molecule has 0 aliphatic carbocycles. The lowest BCUT2D eigenvalue weighted by Gasteiger charge is -2.11. The van der Waals surface area contributed by atoms with Crippen LogP contribution in [-0.4, -0.2) is 12.2 Å². The first-order valence-electron chi connectivity index (χ1n) is 5.26. The highest BCUT2D eigenvalue weighted by Gasteiger charge is 2.14. The third-order valence-electron chi connectivity index (χ3n) is 2.53. The molecule has 1 aromatic heterocycles. The van der Waals surface area contributed by atoms with E-state index in [4.69, 9.17) is 9.15 Å². The van der Waals surface area contributed by atoms with E-state index in [1.54, 1.807) is 19.2 Å². The predicted octanol–water partition coefficient (Wildman–Crippen LogP) is 3.33. The molecular weight excluding hydrogens is 284 g/mol. The summed E-state index contributed by atoms with van der Waals surface area (Å²) in [7, 11) is 1.62. The summed E-state index contributed by atoms with van der Waals surface area (Å²) in [6.45, 7) is 0. The number of benzene rings is 1. The minimum Gasteiger partial charge on any atom is -0.496 e. The van der Waals surface area contributed by atoms with Gasteiger partial charge in [-0.3, -0.25) is 0 Å². The van der Waals surface area contributed by atoms with Gasteiger partial charge in [0.2, 0.25) is 0 Å². The summed E-state index contributed by atoms with van der Waals surface area (Å²) in [5, 5.41) is 10.0. The quantitative estimate of drug-likeness (QED) is 0.941. The van der Waals surface area contributed by atoms with Gasteiger partial charge in [0.1, 0.15) is 17.6 Å². The molecule has 1 N–H and O–H groups in total. The molecule has 1 heterocycles. The summed E-state index contributed by atoms with van der Waals surface area (Å²) >= 11 is 3.21. The van der Waals surface area contributed by atoms with Gasteiger partial charge in [-0.25, -0.2) is 0 Å². The van der Waals surface area contributed by atoms with Crippen molar-refractivity contribution < 1.29 is 14.3 Å². The van der Waals surface area contributed by atoms with Gasteiger partial charge in [-0.05, 0) is 39.7 Å². The Balaban J connectivity index is 2.15. The smallest absolute Gasteiger partial charge is 0.169 e. The fourth-order valence-corrected chi connectivity index (χ4v) is 2.01. The highest BCUT2D eigenvalue weighted by molar-refractivity contribution is 9.10. The van der Waals surface area contributed by atoms with Crippen molar-refractivity contribution in [1.29, 1.82) is 0 Å². The lowest BCUT2D eigenvalue weighted by atomic mass is 10.1. The molecule has 17 heavy (non-hydrogen) atoms. The Morgan fingerprint density at radius 1 is 1.29 bits per heavy atom. The van der Waals surface area contributed by atoms with E-state index in [1.165, 1.54) is 0 Å². The van der Waals surface area contributed by atoms with E-state index in [-0.39, 0.29) is 0 Å². The number of para-hydroxylation sites is 1. The van der Waals surface area contributed by atoms with Gasteiger partial charge >= 0.3 is 0 Å². The Hall–Kier alpha value is -1.26. The summed E-state index contributed by atoms with van der Waals surface area (Å²) in [6, 6.07) is 11.1. The maximum Gasteiger partial charge on any atom is 0.169 e. The molecule has 0 bridgehead atoms. The molecule has 0 fully saturated rings. The van der Waals surface area contributed by atoms with Crippen LogP contribution in [0.15, 0.2) is 45.5 Å². The van der Waals surface area contributed by atoms with Gasteiger partial charge in [0, 0.05) is 6.42 Å². The van der Waals surface area contributed by atoms with E-state index in [9.17, 15) is 5.11 Å². The average molecular weight is 297 g/mol. The Morgan fingerprint density at radius 3 is 2.71 bits per heavy atom. The number of hydrogen-bond donors (Lipinski definition) is 1. The molecule has 4 heteroatoms. The number of aliphatic hydroxyl groups is 1. The van der Waals surface area contributed by atoms with Crippen molar-refractivity contribution in [2.45, 2.75) is 12.5 Å². The molecule has 0 spiro atoms. The normalized spacial score (nSPS) is 12.4. The zero-order valence-corrected chi connectivity index (χ0v) is 11.0. The third-order valence-corrected chi connectivity index (χ3v) is 2.95. The second kappa shape index (κ2) is 5.38. The topological polar surface area (TPSA) is 42.6 Å². The van der Waals surface area contributed by atoms with E-state index >= 15 is 0 Å². The second-order valence-corrected chi connectivity index (χ2v) is 4.46. The standard InChI is InChI=1S/C13H13BrO3/c1-16-11-5-3-2-4-9(11)8-10(15)12-6-7-13(14)17-12/h2-7,10,15H,8H2,1H3. The zero-order chi connectivity index (χ0) is 12.3. The molecule has 3 nitrogen and oxygen atoms in total.